The maximum Gasteiger partial charge on any atom is 0.349 e. The molecule has 1 atom stereocenters. The lowest BCUT2D eigenvalue weighted by atomic mass is 10.0. The summed E-state index contributed by atoms with van der Waals surface area (Å²) in [6, 6.07) is 9.84. The Balaban J connectivity index is 2.47. The summed E-state index contributed by atoms with van der Waals surface area (Å²) >= 11 is 5.39. The number of hydrogen-bond acceptors (Lipinski definition) is 2. The predicted molar refractivity (Wildman–Crippen MR) is 60.8 cm³/mol. The summed E-state index contributed by atoms with van der Waals surface area (Å²) in [4.78, 5) is 11.0. The first-order valence-corrected chi connectivity index (χ1v) is 5.05. The molecule has 0 aliphatic heterocycles. The number of esters is 1. The van der Waals surface area contributed by atoms with Gasteiger partial charge in [0, 0.05) is 5.92 Å². The van der Waals surface area contributed by atoms with Gasteiger partial charge in [-0.1, -0.05) is 55.4 Å². The Morgan fingerprint density at radius 2 is 2.07 bits per heavy atom. The smallest absolute Gasteiger partial charge is 0.349 e. The van der Waals surface area contributed by atoms with E-state index >= 15 is 0 Å². The maximum absolute atomic E-state index is 11.0. The molecule has 2 nitrogen and oxygen atoms in total. The second-order valence-corrected chi connectivity index (χ2v) is 3.77. The molecule has 0 radical (unpaired) electrons. The van der Waals surface area contributed by atoms with Gasteiger partial charge in [0.25, 0.3) is 0 Å². The third-order valence-electron chi connectivity index (χ3n) is 2.05. The molecule has 3 heteroatoms. The van der Waals surface area contributed by atoms with E-state index in [0.29, 0.717) is 6.61 Å². The van der Waals surface area contributed by atoms with Gasteiger partial charge in [0.2, 0.25) is 0 Å². The average Bonchev–Trinajstić information content (AvgIpc) is 2.26. The van der Waals surface area contributed by atoms with Crippen molar-refractivity contribution >= 4 is 17.6 Å². The van der Waals surface area contributed by atoms with Gasteiger partial charge < -0.3 is 4.74 Å². The fourth-order valence-electron chi connectivity index (χ4n) is 1.16. The standard InChI is InChI=1S/C12H13ClO2/c1-9(8-15-12(14)10(2)13)11-6-4-3-5-7-11/h3-7,9H,2,8H2,1H3. The average molecular weight is 225 g/mol. The Morgan fingerprint density at radius 1 is 1.47 bits per heavy atom. The third kappa shape index (κ3) is 3.76. The number of halogens is 1. The number of hydrogen-bond donors (Lipinski definition) is 0. The first-order chi connectivity index (χ1) is 7.11. The van der Waals surface area contributed by atoms with Crippen LogP contribution in [-0.4, -0.2) is 12.6 Å². The van der Waals surface area contributed by atoms with Gasteiger partial charge in [0.05, 0.1) is 6.61 Å². The Bertz CT molecular complexity index is 346. The van der Waals surface area contributed by atoms with Crippen molar-refractivity contribution in [3.05, 3.63) is 47.5 Å². The van der Waals surface area contributed by atoms with Crippen LogP contribution < -0.4 is 0 Å². The monoisotopic (exact) mass is 224 g/mol. The van der Waals surface area contributed by atoms with Gasteiger partial charge in [-0.2, -0.15) is 0 Å². The van der Waals surface area contributed by atoms with Gasteiger partial charge in [0.15, 0.2) is 0 Å². The third-order valence-corrected chi connectivity index (χ3v) is 2.21. The van der Waals surface area contributed by atoms with Gasteiger partial charge in [-0.05, 0) is 5.56 Å². The minimum absolute atomic E-state index is 0.0877. The Kier molecular flexibility index (Phi) is 4.37. The lowest BCUT2D eigenvalue weighted by Gasteiger charge is -2.11. The Morgan fingerprint density at radius 3 is 2.60 bits per heavy atom. The van der Waals surface area contributed by atoms with Gasteiger partial charge >= 0.3 is 5.97 Å². The number of benzene rings is 1. The molecule has 0 aromatic heterocycles. The summed E-state index contributed by atoms with van der Waals surface area (Å²) in [5.41, 5.74) is 1.13. The molecule has 0 aliphatic carbocycles. The lowest BCUT2D eigenvalue weighted by molar-refractivity contribution is -0.138. The Hall–Kier alpha value is -1.28. The summed E-state index contributed by atoms with van der Waals surface area (Å²) in [5.74, 6) is -0.398. The largest absolute Gasteiger partial charge is 0.461 e. The molecule has 1 aromatic carbocycles. The zero-order chi connectivity index (χ0) is 11.3. The zero-order valence-corrected chi connectivity index (χ0v) is 9.33. The SMILES string of the molecule is C=C(Cl)C(=O)OCC(C)c1ccccc1. The highest BCUT2D eigenvalue weighted by Gasteiger charge is 2.10. The molecule has 0 saturated heterocycles. The van der Waals surface area contributed by atoms with Gasteiger partial charge in [-0.25, -0.2) is 4.79 Å². The van der Waals surface area contributed by atoms with Crippen molar-refractivity contribution in [2.24, 2.45) is 0 Å². The number of carbonyl (C=O) groups excluding carboxylic acids is 1. The normalized spacial score (nSPS) is 11.9. The van der Waals surface area contributed by atoms with Crippen molar-refractivity contribution in [2.45, 2.75) is 12.8 Å². The van der Waals surface area contributed by atoms with Crippen LogP contribution in [0.1, 0.15) is 18.4 Å². The first kappa shape index (κ1) is 11.8. The van der Waals surface area contributed by atoms with Gasteiger partial charge in [0.1, 0.15) is 5.03 Å². The molecule has 0 aliphatic rings. The molecule has 15 heavy (non-hydrogen) atoms. The fraction of sp³-hybridized carbons (Fsp3) is 0.250. The van der Waals surface area contributed by atoms with E-state index < -0.39 is 5.97 Å². The second-order valence-electron chi connectivity index (χ2n) is 3.32. The molecule has 0 spiro atoms. The minimum atomic E-state index is -0.556. The molecular weight excluding hydrogens is 212 g/mol. The summed E-state index contributed by atoms with van der Waals surface area (Å²) in [6.45, 7) is 5.60. The van der Waals surface area contributed by atoms with Crippen LogP contribution >= 0.6 is 11.6 Å². The molecule has 80 valence electrons. The van der Waals surface area contributed by atoms with Crippen LogP contribution in [0.5, 0.6) is 0 Å². The van der Waals surface area contributed by atoms with E-state index in [9.17, 15) is 4.79 Å². The predicted octanol–water partition coefficient (Wildman–Crippen LogP) is 3.09. The van der Waals surface area contributed by atoms with Gasteiger partial charge in [-0.3, -0.25) is 0 Å². The maximum atomic E-state index is 11.0. The van der Waals surface area contributed by atoms with E-state index in [4.69, 9.17) is 16.3 Å². The van der Waals surface area contributed by atoms with Crippen molar-refractivity contribution in [3.8, 4) is 0 Å². The summed E-state index contributed by atoms with van der Waals surface area (Å²) in [6.07, 6.45) is 0. The van der Waals surface area contributed by atoms with Crippen LogP contribution in [0.3, 0.4) is 0 Å². The highest BCUT2D eigenvalue weighted by molar-refractivity contribution is 6.40. The lowest BCUT2D eigenvalue weighted by Crippen LogP contribution is -2.10. The van der Waals surface area contributed by atoms with E-state index in [1.807, 2.05) is 37.3 Å². The fourth-order valence-corrected chi connectivity index (χ4v) is 1.21. The molecule has 0 bridgehead atoms. The number of carbonyl (C=O) groups is 1. The van der Waals surface area contributed by atoms with E-state index in [-0.39, 0.29) is 11.0 Å². The van der Waals surface area contributed by atoms with Crippen molar-refractivity contribution in [2.75, 3.05) is 6.61 Å². The number of ether oxygens (including phenoxy) is 1. The molecule has 1 unspecified atom stereocenters. The van der Waals surface area contributed by atoms with Crippen LogP contribution in [-0.2, 0) is 9.53 Å². The van der Waals surface area contributed by atoms with Crippen molar-refractivity contribution < 1.29 is 9.53 Å². The van der Waals surface area contributed by atoms with E-state index in [1.165, 1.54) is 0 Å². The van der Waals surface area contributed by atoms with Crippen molar-refractivity contribution in [3.63, 3.8) is 0 Å². The first-order valence-electron chi connectivity index (χ1n) is 4.67. The van der Waals surface area contributed by atoms with Crippen LogP contribution in [0.25, 0.3) is 0 Å². The number of rotatable bonds is 4. The molecule has 0 amide bonds. The molecule has 1 aromatic rings. The van der Waals surface area contributed by atoms with Crippen LogP contribution in [0.15, 0.2) is 41.9 Å². The Labute approximate surface area is 94.5 Å². The highest BCUT2D eigenvalue weighted by Crippen LogP contribution is 2.15. The summed E-state index contributed by atoms with van der Waals surface area (Å²) < 4.78 is 4.95. The zero-order valence-electron chi connectivity index (χ0n) is 8.57. The molecule has 0 N–H and O–H groups in total. The van der Waals surface area contributed by atoms with E-state index in [1.54, 1.807) is 0 Å². The van der Waals surface area contributed by atoms with Crippen molar-refractivity contribution in [1.29, 1.82) is 0 Å². The van der Waals surface area contributed by atoms with Crippen molar-refractivity contribution in [1.82, 2.24) is 0 Å². The van der Waals surface area contributed by atoms with Crippen LogP contribution in [0.4, 0.5) is 0 Å². The van der Waals surface area contributed by atoms with E-state index in [2.05, 4.69) is 6.58 Å². The molecule has 0 saturated carbocycles. The molecular formula is C12H13ClO2. The van der Waals surface area contributed by atoms with Crippen LogP contribution in [0, 0.1) is 0 Å². The second kappa shape index (κ2) is 5.56. The molecule has 0 heterocycles. The topological polar surface area (TPSA) is 26.3 Å². The highest BCUT2D eigenvalue weighted by atomic mass is 35.5. The summed E-state index contributed by atoms with van der Waals surface area (Å²) in [7, 11) is 0. The van der Waals surface area contributed by atoms with E-state index in [0.717, 1.165) is 5.56 Å². The molecule has 1 rings (SSSR count). The quantitative estimate of drug-likeness (QED) is 0.580. The van der Waals surface area contributed by atoms with Gasteiger partial charge in [-0.15, -0.1) is 0 Å². The molecule has 0 fully saturated rings. The van der Waals surface area contributed by atoms with Crippen LogP contribution in [0.2, 0.25) is 0 Å². The minimum Gasteiger partial charge on any atom is -0.461 e. The summed E-state index contributed by atoms with van der Waals surface area (Å²) in [5, 5.41) is -0.0877.